The molecule has 0 aliphatic heterocycles. The molecule has 0 spiro atoms. The van der Waals surface area contributed by atoms with E-state index in [2.05, 4.69) is 47.6 Å². The number of H-pyrrole nitrogens is 1. The van der Waals surface area contributed by atoms with E-state index < -0.39 is 0 Å². The Balaban J connectivity index is 1.69. The molecule has 0 unspecified atom stereocenters. The van der Waals surface area contributed by atoms with Crippen LogP contribution in [0.1, 0.15) is 64.2 Å². The maximum absolute atomic E-state index is 3.73. The number of hydrogen-bond donors (Lipinski definition) is 1. The Morgan fingerprint density at radius 3 is 1.88 bits per heavy atom. The van der Waals surface area contributed by atoms with E-state index in [9.17, 15) is 0 Å². The molecule has 2 aromatic rings. The lowest BCUT2D eigenvalue weighted by atomic mass is 9.99. The number of hydrogen-bond acceptors (Lipinski definition) is 0. The van der Waals surface area contributed by atoms with Gasteiger partial charge in [0.05, 0.1) is 0 Å². The summed E-state index contributed by atoms with van der Waals surface area (Å²) in [5.74, 6) is 0. The minimum atomic E-state index is -0.0550. The molecule has 2 fully saturated rings. The van der Waals surface area contributed by atoms with Crippen molar-refractivity contribution in [3.8, 4) is 11.1 Å². The second-order valence-electron chi connectivity index (χ2n) is 7.60. The molecule has 0 bridgehead atoms. The van der Waals surface area contributed by atoms with Crippen molar-refractivity contribution in [1.82, 2.24) is 4.98 Å². The van der Waals surface area contributed by atoms with Crippen LogP contribution in [0.25, 0.3) is 11.1 Å². The monoisotopic (exact) mass is 339 g/mol. The lowest BCUT2D eigenvalue weighted by Gasteiger charge is -2.38. The van der Waals surface area contributed by atoms with Gasteiger partial charge in [-0.1, -0.05) is 76.8 Å². The Morgan fingerprint density at radius 1 is 0.708 bits per heavy atom. The van der Waals surface area contributed by atoms with Gasteiger partial charge in [0.15, 0.2) is 0 Å². The Morgan fingerprint density at radius 2 is 1.29 bits per heavy atom. The third-order valence-corrected chi connectivity index (χ3v) is 9.50. The van der Waals surface area contributed by atoms with Crippen LogP contribution < -0.4 is 5.44 Å². The van der Waals surface area contributed by atoms with Gasteiger partial charge in [0.1, 0.15) is 0 Å². The van der Waals surface area contributed by atoms with Gasteiger partial charge < -0.3 is 4.98 Å². The zero-order valence-electron chi connectivity index (χ0n) is 14.7. The van der Waals surface area contributed by atoms with Gasteiger partial charge in [0, 0.05) is 17.2 Å². The van der Waals surface area contributed by atoms with Gasteiger partial charge >= 0.3 is 0 Å². The van der Waals surface area contributed by atoms with Crippen LogP contribution in [0, 0.1) is 0 Å². The number of benzene rings is 1. The Kier molecular flexibility index (Phi) is 5.38. The van der Waals surface area contributed by atoms with Crippen molar-refractivity contribution in [3.63, 3.8) is 0 Å². The van der Waals surface area contributed by atoms with Gasteiger partial charge in [-0.05, 0) is 48.6 Å². The van der Waals surface area contributed by atoms with Gasteiger partial charge in [-0.2, -0.15) is 0 Å². The number of aromatic amines is 1. The van der Waals surface area contributed by atoms with Crippen molar-refractivity contribution in [2.45, 2.75) is 75.5 Å². The predicted octanol–water partition coefficient (Wildman–Crippen LogP) is 6.45. The summed E-state index contributed by atoms with van der Waals surface area (Å²) in [4.78, 5) is 3.73. The van der Waals surface area contributed by atoms with E-state index in [0.717, 1.165) is 11.3 Å². The lowest BCUT2D eigenvalue weighted by Crippen LogP contribution is -2.27. The normalized spacial score (nSPS) is 20.5. The third-order valence-electron chi connectivity index (χ3n) is 6.00. The summed E-state index contributed by atoms with van der Waals surface area (Å²) in [6.45, 7) is 0. The minimum Gasteiger partial charge on any atom is -0.361 e. The summed E-state index contributed by atoms with van der Waals surface area (Å²) in [6, 6.07) is 13.4. The van der Waals surface area contributed by atoms with Gasteiger partial charge in [-0.25, -0.2) is 0 Å². The fourth-order valence-corrected chi connectivity index (χ4v) is 8.68. The standard InChI is InChI=1S/C22H30NP/c1-4-10-18(11-5-1)21-16-17-23-22(21)24(19-12-6-2-7-13-19)20-14-8-3-9-15-20/h1,4-5,10-11,16-17,19-20,23H,2-3,6-9,12-15H2. The quantitative estimate of drug-likeness (QED) is 0.616. The first kappa shape index (κ1) is 16.4. The van der Waals surface area contributed by atoms with Crippen molar-refractivity contribution in [2.24, 2.45) is 0 Å². The fourth-order valence-electron chi connectivity index (χ4n) is 4.81. The van der Waals surface area contributed by atoms with E-state index in [4.69, 9.17) is 0 Å². The second kappa shape index (κ2) is 7.87. The minimum absolute atomic E-state index is 0.0550. The van der Waals surface area contributed by atoms with E-state index in [1.54, 1.807) is 5.44 Å². The molecule has 2 aliphatic carbocycles. The summed E-state index contributed by atoms with van der Waals surface area (Å²) in [5, 5.41) is 0. The molecule has 2 saturated carbocycles. The van der Waals surface area contributed by atoms with Crippen LogP contribution in [0.5, 0.6) is 0 Å². The maximum atomic E-state index is 3.73. The highest BCUT2D eigenvalue weighted by molar-refractivity contribution is 7.67. The van der Waals surface area contributed by atoms with E-state index in [1.165, 1.54) is 75.3 Å². The summed E-state index contributed by atoms with van der Waals surface area (Å²) in [7, 11) is -0.0550. The zero-order valence-corrected chi connectivity index (χ0v) is 15.6. The first-order valence-corrected chi connectivity index (χ1v) is 11.4. The summed E-state index contributed by atoms with van der Waals surface area (Å²) >= 11 is 0. The first-order chi connectivity index (χ1) is 11.9. The molecule has 1 aromatic carbocycles. The molecule has 0 radical (unpaired) electrons. The van der Waals surface area contributed by atoms with Crippen LogP contribution >= 0.6 is 7.92 Å². The van der Waals surface area contributed by atoms with Crippen LogP contribution in [0.4, 0.5) is 0 Å². The topological polar surface area (TPSA) is 15.8 Å². The highest BCUT2D eigenvalue weighted by Gasteiger charge is 2.34. The molecule has 0 amide bonds. The average Bonchev–Trinajstić information content (AvgIpc) is 3.14. The smallest absolute Gasteiger partial charge is 0.0468 e. The third kappa shape index (κ3) is 3.47. The largest absolute Gasteiger partial charge is 0.361 e. The van der Waals surface area contributed by atoms with Crippen LogP contribution in [-0.2, 0) is 0 Å². The van der Waals surface area contributed by atoms with Crippen LogP contribution in [0.15, 0.2) is 42.6 Å². The molecule has 4 rings (SSSR count). The van der Waals surface area contributed by atoms with E-state index >= 15 is 0 Å². The number of rotatable bonds is 4. The molecule has 1 nitrogen and oxygen atoms in total. The zero-order chi connectivity index (χ0) is 16.2. The van der Waals surface area contributed by atoms with E-state index in [0.29, 0.717) is 0 Å². The molecule has 2 heteroatoms. The summed E-state index contributed by atoms with van der Waals surface area (Å²) in [5.41, 5.74) is 6.40. The van der Waals surface area contributed by atoms with Crippen molar-refractivity contribution in [2.75, 3.05) is 0 Å². The molecule has 1 aromatic heterocycles. The predicted molar refractivity (Wildman–Crippen MR) is 107 cm³/mol. The molecule has 2 aliphatic rings. The van der Waals surface area contributed by atoms with Crippen LogP contribution in [0.3, 0.4) is 0 Å². The molecule has 128 valence electrons. The highest BCUT2D eigenvalue weighted by atomic mass is 31.1. The molecule has 1 heterocycles. The average molecular weight is 339 g/mol. The van der Waals surface area contributed by atoms with Crippen LogP contribution in [0.2, 0.25) is 0 Å². The highest BCUT2D eigenvalue weighted by Crippen LogP contribution is 2.55. The second-order valence-corrected chi connectivity index (χ2v) is 10.3. The summed E-state index contributed by atoms with van der Waals surface area (Å²) < 4.78 is 0. The van der Waals surface area contributed by atoms with E-state index in [-0.39, 0.29) is 7.92 Å². The molecular weight excluding hydrogens is 309 g/mol. The van der Waals surface area contributed by atoms with Gasteiger partial charge in [-0.3, -0.25) is 0 Å². The molecule has 0 atom stereocenters. The molecule has 24 heavy (non-hydrogen) atoms. The SMILES string of the molecule is c1ccc(-c2cc[nH]c2P(C2CCCCC2)C2CCCCC2)cc1. The Labute approximate surface area is 148 Å². The fraction of sp³-hybridized carbons (Fsp3) is 0.545. The van der Waals surface area contributed by atoms with Crippen molar-refractivity contribution in [1.29, 1.82) is 0 Å². The van der Waals surface area contributed by atoms with Gasteiger partial charge in [0.25, 0.3) is 0 Å². The van der Waals surface area contributed by atoms with Gasteiger partial charge in [-0.15, -0.1) is 0 Å². The Hall–Kier alpha value is -1.07. The van der Waals surface area contributed by atoms with Crippen molar-refractivity contribution in [3.05, 3.63) is 42.6 Å². The van der Waals surface area contributed by atoms with Crippen molar-refractivity contribution >= 4 is 13.4 Å². The molecular formula is C22H30NP. The first-order valence-electron chi connectivity index (χ1n) is 9.94. The van der Waals surface area contributed by atoms with E-state index in [1.807, 2.05) is 0 Å². The summed E-state index contributed by atoms with van der Waals surface area (Å²) in [6.07, 6.45) is 16.8. The van der Waals surface area contributed by atoms with Gasteiger partial charge in [0.2, 0.25) is 0 Å². The maximum Gasteiger partial charge on any atom is 0.0468 e. The molecule has 0 saturated heterocycles. The lowest BCUT2D eigenvalue weighted by molar-refractivity contribution is 0.487. The number of aromatic nitrogens is 1. The Bertz CT molecular complexity index is 602. The van der Waals surface area contributed by atoms with Crippen LogP contribution in [-0.4, -0.2) is 16.3 Å². The van der Waals surface area contributed by atoms with Crippen molar-refractivity contribution < 1.29 is 0 Å². The molecule has 1 N–H and O–H groups in total. The number of nitrogens with one attached hydrogen (secondary N) is 1.